The van der Waals surface area contributed by atoms with E-state index in [1.807, 2.05) is 26.5 Å². The monoisotopic (exact) mass is 435 g/mol. The maximum Gasteiger partial charge on any atom is 0.194 e. The highest BCUT2D eigenvalue weighted by Gasteiger charge is 2.29. The third kappa shape index (κ3) is 6.29. The normalized spacial score (nSPS) is 17.5. The average molecular weight is 435 g/mol. The van der Waals surface area contributed by atoms with Gasteiger partial charge in [0.1, 0.15) is 0 Å². The van der Waals surface area contributed by atoms with Gasteiger partial charge in [-0.05, 0) is 19.8 Å². The van der Waals surface area contributed by atoms with Gasteiger partial charge in [-0.3, -0.25) is 9.67 Å². The first-order valence-electron chi connectivity index (χ1n) is 8.22. The van der Waals surface area contributed by atoms with Crippen molar-refractivity contribution >= 4 is 29.9 Å². The fourth-order valence-electron chi connectivity index (χ4n) is 2.96. The summed E-state index contributed by atoms with van der Waals surface area (Å²) in [5, 5.41) is 18.1. The summed E-state index contributed by atoms with van der Waals surface area (Å²) in [4.78, 5) is 6.74. The Hall–Kier alpha value is -0.830. The Bertz CT molecular complexity index is 496. The van der Waals surface area contributed by atoms with Gasteiger partial charge in [0, 0.05) is 38.9 Å². The Balaban J connectivity index is 0.00000264. The summed E-state index contributed by atoms with van der Waals surface area (Å²) in [5.41, 5.74) is 0.528. The molecule has 0 atom stereocenters. The molecule has 1 heterocycles. The molecule has 0 spiro atoms. The number of hydrogen-bond acceptors (Lipinski definition) is 3. The van der Waals surface area contributed by atoms with E-state index in [0.29, 0.717) is 6.54 Å². The van der Waals surface area contributed by atoms with E-state index >= 15 is 0 Å². The van der Waals surface area contributed by atoms with Crippen LogP contribution in [0.1, 0.15) is 44.6 Å². The molecule has 0 aliphatic heterocycles. The van der Waals surface area contributed by atoms with Crippen LogP contribution in [0.3, 0.4) is 0 Å². The zero-order valence-corrected chi connectivity index (χ0v) is 16.8. The lowest BCUT2D eigenvalue weighted by atomic mass is 9.85. The minimum Gasteiger partial charge on any atom is -0.388 e. The first-order valence-corrected chi connectivity index (χ1v) is 8.22. The molecule has 0 amide bonds. The third-order valence-corrected chi connectivity index (χ3v) is 4.18. The lowest BCUT2D eigenvalue weighted by Crippen LogP contribution is -2.41. The average Bonchev–Trinajstić information content (AvgIpc) is 2.89. The smallest absolute Gasteiger partial charge is 0.194 e. The van der Waals surface area contributed by atoms with Crippen molar-refractivity contribution in [2.24, 2.45) is 12.0 Å². The molecule has 23 heavy (non-hydrogen) atoms. The van der Waals surface area contributed by atoms with Crippen LogP contribution in [-0.4, -0.2) is 51.5 Å². The lowest BCUT2D eigenvalue weighted by Gasteiger charge is -2.31. The van der Waals surface area contributed by atoms with Crippen molar-refractivity contribution in [2.75, 3.05) is 20.1 Å². The molecule has 1 aliphatic rings. The van der Waals surface area contributed by atoms with E-state index in [1.165, 1.54) is 6.42 Å². The van der Waals surface area contributed by atoms with Gasteiger partial charge in [-0.25, -0.2) is 0 Å². The van der Waals surface area contributed by atoms with Gasteiger partial charge in [0.05, 0.1) is 18.3 Å². The second kappa shape index (κ2) is 9.46. The van der Waals surface area contributed by atoms with Crippen LogP contribution >= 0.6 is 24.0 Å². The molecule has 0 radical (unpaired) electrons. The SMILES string of the molecule is CCNC(=NCC1(O)CCCCC1)N(C)Cc1cnn(C)c1.I. The lowest BCUT2D eigenvalue weighted by molar-refractivity contribution is 0.0130. The van der Waals surface area contributed by atoms with Gasteiger partial charge in [-0.1, -0.05) is 19.3 Å². The largest absolute Gasteiger partial charge is 0.388 e. The van der Waals surface area contributed by atoms with Crippen molar-refractivity contribution in [3.63, 3.8) is 0 Å². The van der Waals surface area contributed by atoms with E-state index in [-0.39, 0.29) is 24.0 Å². The number of guanidine groups is 1. The van der Waals surface area contributed by atoms with Crippen LogP contribution in [-0.2, 0) is 13.6 Å². The Labute approximate surface area is 156 Å². The molecule has 132 valence electrons. The van der Waals surface area contributed by atoms with Crippen molar-refractivity contribution in [1.29, 1.82) is 0 Å². The molecule has 1 aromatic rings. The number of nitrogens with zero attached hydrogens (tertiary/aromatic N) is 4. The second-order valence-corrected chi connectivity index (χ2v) is 6.33. The fourth-order valence-corrected chi connectivity index (χ4v) is 2.96. The van der Waals surface area contributed by atoms with Gasteiger partial charge in [0.15, 0.2) is 5.96 Å². The van der Waals surface area contributed by atoms with Crippen molar-refractivity contribution in [3.05, 3.63) is 18.0 Å². The number of halogens is 1. The number of aliphatic imine (C=N–C) groups is 1. The summed E-state index contributed by atoms with van der Waals surface area (Å²) >= 11 is 0. The second-order valence-electron chi connectivity index (χ2n) is 6.33. The summed E-state index contributed by atoms with van der Waals surface area (Å²) in [6.07, 6.45) is 9.04. The molecule has 0 unspecified atom stereocenters. The molecule has 1 aliphatic carbocycles. The van der Waals surface area contributed by atoms with Crippen LogP contribution in [0, 0.1) is 0 Å². The molecule has 0 bridgehead atoms. The predicted molar refractivity (Wildman–Crippen MR) is 104 cm³/mol. The minimum atomic E-state index is -0.617. The van der Waals surface area contributed by atoms with Crippen LogP contribution in [0.15, 0.2) is 17.4 Å². The van der Waals surface area contributed by atoms with Gasteiger partial charge in [0.2, 0.25) is 0 Å². The van der Waals surface area contributed by atoms with Crippen LogP contribution < -0.4 is 5.32 Å². The van der Waals surface area contributed by atoms with Crippen LogP contribution in [0.4, 0.5) is 0 Å². The third-order valence-electron chi connectivity index (χ3n) is 4.18. The van der Waals surface area contributed by atoms with Crippen LogP contribution in [0.2, 0.25) is 0 Å². The molecular weight excluding hydrogens is 405 g/mol. The molecule has 2 N–H and O–H groups in total. The molecular formula is C16H30IN5O. The Morgan fingerprint density at radius 3 is 2.70 bits per heavy atom. The molecule has 6 nitrogen and oxygen atoms in total. The highest BCUT2D eigenvalue weighted by molar-refractivity contribution is 14.0. The number of hydrogen-bond donors (Lipinski definition) is 2. The van der Waals surface area contributed by atoms with Crippen LogP contribution in [0.5, 0.6) is 0 Å². The molecule has 2 rings (SSSR count). The summed E-state index contributed by atoms with van der Waals surface area (Å²) in [6.45, 7) is 4.10. The predicted octanol–water partition coefficient (Wildman–Crippen LogP) is 2.13. The van der Waals surface area contributed by atoms with Gasteiger partial charge in [0.25, 0.3) is 0 Å². The number of rotatable bonds is 5. The molecule has 7 heteroatoms. The Morgan fingerprint density at radius 2 is 2.13 bits per heavy atom. The molecule has 0 saturated heterocycles. The first-order chi connectivity index (χ1) is 10.5. The number of aromatic nitrogens is 2. The van der Waals surface area contributed by atoms with Crippen molar-refractivity contribution < 1.29 is 5.11 Å². The summed E-state index contributed by atoms with van der Waals surface area (Å²) in [6, 6.07) is 0. The van der Waals surface area contributed by atoms with Gasteiger partial charge >= 0.3 is 0 Å². The zero-order valence-electron chi connectivity index (χ0n) is 14.5. The number of aliphatic hydroxyl groups is 1. The van der Waals surface area contributed by atoms with Gasteiger partial charge in [-0.2, -0.15) is 5.10 Å². The van der Waals surface area contributed by atoms with Crippen molar-refractivity contribution in [1.82, 2.24) is 20.0 Å². The summed E-state index contributed by atoms with van der Waals surface area (Å²) in [7, 11) is 3.93. The summed E-state index contributed by atoms with van der Waals surface area (Å²) in [5.74, 6) is 0.838. The Morgan fingerprint density at radius 1 is 1.43 bits per heavy atom. The minimum absolute atomic E-state index is 0. The number of nitrogens with one attached hydrogen (secondary N) is 1. The maximum absolute atomic E-state index is 10.6. The standard InChI is InChI=1S/C16H29N5O.HI/c1-4-17-15(18-13-16(22)8-6-5-7-9-16)20(2)11-14-10-19-21(3)12-14;/h10,12,22H,4-9,11,13H2,1-3H3,(H,17,18);1H. The van der Waals surface area contributed by atoms with E-state index in [0.717, 1.165) is 50.3 Å². The van der Waals surface area contributed by atoms with Crippen molar-refractivity contribution in [2.45, 2.75) is 51.2 Å². The quantitative estimate of drug-likeness (QED) is 0.423. The maximum atomic E-state index is 10.6. The van der Waals surface area contributed by atoms with E-state index in [9.17, 15) is 5.11 Å². The number of aryl methyl sites for hydroxylation is 1. The van der Waals surface area contributed by atoms with Crippen molar-refractivity contribution in [3.8, 4) is 0 Å². The molecule has 1 saturated carbocycles. The van der Waals surface area contributed by atoms with Gasteiger partial charge in [-0.15, -0.1) is 24.0 Å². The molecule has 1 fully saturated rings. The molecule has 0 aromatic carbocycles. The van der Waals surface area contributed by atoms with E-state index < -0.39 is 5.60 Å². The van der Waals surface area contributed by atoms with Crippen LogP contribution in [0.25, 0.3) is 0 Å². The zero-order chi connectivity index (χ0) is 16.0. The first kappa shape index (κ1) is 20.2. The summed E-state index contributed by atoms with van der Waals surface area (Å²) < 4.78 is 1.80. The fraction of sp³-hybridized carbons (Fsp3) is 0.750. The topological polar surface area (TPSA) is 65.7 Å². The van der Waals surface area contributed by atoms with E-state index in [4.69, 9.17) is 0 Å². The molecule has 1 aromatic heterocycles. The van der Waals surface area contributed by atoms with E-state index in [2.05, 4.69) is 27.2 Å². The van der Waals surface area contributed by atoms with E-state index in [1.54, 1.807) is 4.68 Å². The highest BCUT2D eigenvalue weighted by Crippen LogP contribution is 2.28. The highest BCUT2D eigenvalue weighted by atomic mass is 127. The Kier molecular flexibility index (Phi) is 8.32. The van der Waals surface area contributed by atoms with Gasteiger partial charge < -0.3 is 15.3 Å².